The minimum absolute atomic E-state index is 0.000428. The lowest BCUT2D eigenvalue weighted by atomic mass is 10.1. The molecule has 4 atom stereocenters. The Bertz CT molecular complexity index is 1240. The Labute approximate surface area is 176 Å². The average molecular weight is 428 g/mol. The summed E-state index contributed by atoms with van der Waals surface area (Å²) in [6.45, 7) is 3.68. The van der Waals surface area contributed by atoms with Gasteiger partial charge in [-0.05, 0) is 38.0 Å². The van der Waals surface area contributed by atoms with E-state index in [1.54, 1.807) is 24.4 Å². The van der Waals surface area contributed by atoms with Crippen molar-refractivity contribution in [1.82, 2.24) is 14.8 Å². The van der Waals surface area contributed by atoms with E-state index in [9.17, 15) is 18.4 Å². The monoisotopic (exact) mass is 428 g/mol. The molecule has 2 aliphatic rings. The molecule has 2 N–H and O–H groups in total. The van der Waals surface area contributed by atoms with Crippen molar-refractivity contribution in [2.45, 2.75) is 57.1 Å². The number of rotatable bonds is 6. The maximum Gasteiger partial charge on any atom is 0.274 e. The molecule has 7 nitrogen and oxygen atoms in total. The molecule has 162 valence electrons. The Morgan fingerprint density at radius 2 is 2.03 bits per heavy atom. The Hall–Kier alpha value is -3.23. The van der Waals surface area contributed by atoms with Gasteiger partial charge in [0.15, 0.2) is 0 Å². The van der Waals surface area contributed by atoms with Crippen LogP contribution in [0.2, 0.25) is 0 Å². The number of hydrogen-bond acceptors (Lipinski definition) is 4. The number of carbonyl (C=O) groups excluding carboxylic acids is 1. The quantitative estimate of drug-likeness (QED) is 0.624. The molecule has 0 spiro atoms. The number of alkyl halides is 2. The topological polar surface area (TPSA) is 89.0 Å². The molecule has 31 heavy (non-hydrogen) atoms. The van der Waals surface area contributed by atoms with Crippen molar-refractivity contribution in [2.24, 2.45) is 0 Å². The molecular weight excluding hydrogens is 406 g/mol. The van der Waals surface area contributed by atoms with Crippen LogP contribution in [-0.4, -0.2) is 39.1 Å². The molecule has 2 aromatic heterocycles. The third-order valence-corrected chi connectivity index (χ3v) is 5.69. The maximum atomic E-state index is 13.8. The number of amides is 1. The first-order valence-corrected chi connectivity index (χ1v) is 10.3. The SMILES string of the molecule is CC(C)Oc1cc2[nH]ncc2cc1C(=O)Nc1c([C@@H]2C[C@H]2F)ccn([C@H]2C[C@H]2F)c1=O. The van der Waals surface area contributed by atoms with Crippen LogP contribution in [0.5, 0.6) is 5.75 Å². The number of nitrogens with zero attached hydrogens (tertiary/aromatic N) is 2. The number of pyridine rings is 1. The molecule has 0 saturated heterocycles. The highest BCUT2D eigenvalue weighted by atomic mass is 19.1. The largest absolute Gasteiger partial charge is 0.490 e. The third kappa shape index (κ3) is 3.58. The van der Waals surface area contributed by atoms with E-state index < -0.39 is 35.8 Å². The van der Waals surface area contributed by atoms with E-state index in [0.29, 0.717) is 28.6 Å². The summed E-state index contributed by atoms with van der Waals surface area (Å²) in [5.41, 5.74) is 0.848. The molecule has 0 radical (unpaired) electrons. The van der Waals surface area contributed by atoms with E-state index in [2.05, 4.69) is 15.5 Å². The summed E-state index contributed by atoms with van der Waals surface area (Å²) in [5.74, 6) is -0.665. The third-order valence-electron chi connectivity index (χ3n) is 5.69. The second-order valence-electron chi connectivity index (χ2n) is 8.46. The molecule has 0 unspecified atom stereocenters. The minimum Gasteiger partial charge on any atom is -0.490 e. The zero-order chi connectivity index (χ0) is 21.9. The van der Waals surface area contributed by atoms with Gasteiger partial charge in [0.05, 0.1) is 29.4 Å². The van der Waals surface area contributed by atoms with Crippen molar-refractivity contribution in [3.63, 3.8) is 0 Å². The van der Waals surface area contributed by atoms with Crippen molar-refractivity contribution in [3.8, 4) is 5.75 Å². The van der Waals surface area contributed by atoms with Crippen LogP contribution in [0.25, 0.3) is 10.9 Å². The number of nitrogens with one attached hydrogen (secondary N) is 2. The number of benzene rings is 1. The molecule has 2 saturated carbocycles. The zero-order valence-electron chi connectivity index (χ0n) is 17.1. The van der Waals surface area contributed by atoms with E-state index in [-0.39, 0.29) is 23.8 Å². The van der Waals surface area contributed by atoms with Crippen LogP contribution >= 0.6 is 0 Å². The fourth-order valence-electron chi connectivity index (χ4n) is 3.87. The first kappa shape index (κ1) is 19.7. The van der Waals surface area contributed by atoms with Gasteiger partial charge in [0.2, 0.25) is 0 Å². The molecule has 3 aromatic rings. The first-order valence-electron chi connectivity index (χ1n) is 10.3. The zero-order valence-corrected chi connectivity index (χ0v) is 17.1. The summed E-state index contributed by atoms with van der Waals surface area (Å²) in [6, 6.07) is 4.37. The maximum absolute atomic E-state index is 13.8. The van der Waals surface area contributed by atoms with Crippen LogP contribution in [0.1, 0.15) is 54.6 Å². The molecule has 0 bridgehead atoms. The van der Waals surface area contributed by atoms with Crippen LogP contribution in [0.4, 0.5) is 14.5 Å². The van der Waals surface area contributed by atoms with Crippen molar-refractivity contribution in [2.75, 3.05) is 5.32 Å². The molecule has 2 fully saturated rings. The summed E-state index contributed by atoms with van der Waals surface area (Å²) < 4.78 is 34.5. The summed E-state index contributed by atoms with van der Waals surface area (Å²) in [7, 11) is 0. The van der Waals surface area contributed by atoms with Gasteiger partial charge in [-0.3, -0.25) is 14.7 Å². The number of H-pyrrole nitrogens is 1. The second-order valence-corrected chi connectivity index (χ2v) is 8.46. The average Bonchev–Trinajstić information content (AvgIpc) is 3.57. The lowest BCUT2D eigenvalue weighted by molar-refractivity contribution is 0.102. The van der Waals surface area contributed by atoms with E-state index in [1.807, 2.05) is 13.8 Å². The number of carbonyl (C=O) groups is 1. The van der Waals surface area contributed by atoms with Gasteiger partial charge in [-0.25, -0.2) is 8.78 Å². The molecular formula is C22H22F2N4O3. The van der Waals surface area contributed by atoms with Gasteiger partial charge in [0.1, 0.15) is 23.8 Å². The van der Waals surface area contributed by atoms with Crippen molar-refractivity contribution in [3.05, 3.63) is 52.1 Å². The number of ether oxygens (including phenoxy) is 1. The number of fused-ring (bicyclic) bond motifs is 1. The molecule has 0 aliphatic heterocycles. The van der Waals surface area contributed by atoms with Gasteiger partial charge < -0.3 is 14.6 Å². The summed E-state index contributed by atoms with van der Waals surface area (Å²) >= 11 is 0. The lowest BCUT2D eigenvalue weighted by Gasteiger charge is -2.16. The van der Waals surface area contributed by atoms with Gasteiger partial charge in [0, 0.05) is 30.0 Å². The van der Waals surface area contributed by atoms with Crippen molar-refractivity contribution < 1.29 is 18.3 Å². The van der Waals surface area contributed by atoms with E-state index >= 15 is 0 Å². The molecule has 1 amide bonds. The fourth-order valence-corrected chi connectivity index (χ4v) is 3.87. The van der Waals surface area contributed by atoms with Crippen LogP contribution in [0.15, 0.2) is 35.4 Å². The van der Waals surface area contributed by atoms with E-state index in [4.69, 9.17) is 4.74 Å². The minimum atomic E-state index is -1.09. The highest BCUT2D eigenvalue weighted by Crippen LogP contribution is 2.46. The van der Waals surface area contributed by atoms with Crippen LogP contribution in [-0.2, 0) is 0 Å². The molecule has 2 aliphatic carbocycles. The number of aromatic nitrogens is 3. The highest BCUT2D eigenvalue weighted by Gasteiger charge is 2.43. The van der Waals surface area contributed by atoms with Gasteiger partial charge in [0.25, 0.3) is 11.5 Å². The normalized spacial score (nSPS) is 24.4. The summed E-state index contributed by atoms with van der Waals surface area (Å²) in [5, 5.41) is 10.2. The number of hydrogen-bond donors (Lipinski definition) is 2. The second kappa shape index (κ2) is 7.18. The van der Waals surface area contributed by atoms with Crippen LogP contribution in [0, 0.1) is 0 Å². The fraction of sp³-hybridized carbons (Fsp3) is 0.409. The standard InChI is InChI=1S/C22H22F2N4O3/c1-10(2)31-19-8-17-11(9-25-27-17)5-14(19)21(29)26-20-12(13-6-15(13)23)3-4-28(22(20)30)18-7-16(18)24/h3-5,8-10,13,15-16,18H,6-7H2,1-2H3,(H,25,27)(H,26,29)/t13-,15+,16+,18-/m0/s1. The summed E-state index contributed by atoms with van der Waals surface area (Å²) in [4.78, 5) is 26.3. The number of anilines is 1. The number of aromatic amines is 1. The molecule has 1 aromatic carbocycles. The predicted molar refractivity (Wildman–Crippen MR) is 111 cm³/mol. The predicted octanol–water partition coefficient (Wildman–Crippen LogP) is 3.87. The number of halogens is 2. The van der Waals surface area contributed by atoms with E-state index in [1.165, 1.54) is 10.8 Å². The first-order chi connectivity index (χ1) is 14.8. The summed E-state index contributed by atoms with van der Waals surface area (Å²) in [6.07, 6.45) is 1.30. The molecule has 2 heterocycles. The Balaban J connectivity index is 1.55. The van der Waals surface area contributed by atoms with E-state index in [0.717, 1.165) is 0 Å². The van der Waals surface area contributed by atoms with Gasteiger partial charge in [-0.1, -0.05) is 0 Å². The Morgan fingerprint density at radius 1 is 1.29 bits per heavy atom. The smallest absolute Gasteiger partial charge is 0.274 e. The van der Waals surface area contributed by atoms with Gasteiger partial charge in [-0.15, -0.1) is 0 Å². The van der Waals surface area contributed by atoms with Crippen molar-refractivity contribution in [1.29, 1.82) is 0 Å². The van der Waals surface area contributed by atoms with Gasteiger partial charge >= 0.3 is 0 Å². The highest BCUT2D eigenvalue weighted by molar-refractivity contribution is 6.08. The van der Waals surface area contributed by atoms with Crippen LogP contribution in [0.3, 0.4) is 0 Å². The lowest BCUT2D eigenvalue weighted by Crippen LogP contribution is -2.27. The van der Waals surface area contributed by atoms with Crippen molar-refractivity contribution >= 4 is 22.5 Å². The molecule has 5 rings (SSSR count). The van der Waals surface area contributed by atoms with Crippen LogP contribution < -0.4 is 15.6 Å². The molecule has 9 heteroatoms. The Morgan fingerprint density at radius 3 is 2.68 bits per heavy atom. The van der Waals surface area contributed by atoms with Gasteiger partial charge in [-0.2, -0.15) is 5.10 Å². The Kier molecular flexibility index (Phi) is 4.56.